The van der Waals surface area contributed by atoms with Crippen molar-refractivity contribution in [2.24, 2.45) is 11.8 Å². The summed E-state index contributed by atoms with van der Waals surface area (Å²) in [5.41, 5.74) is -0.622. The molecule has 5 nitrogen and oxygen atoms in total. The standard InChI is InChI=1S/C18H33NO4/c1-13(2)11-12-19(17(22)23-18(3,4)5)15(16(20)21)14-9-7-6-8-10-14/h13-15H,6-12H2,1-5H3,(H,20,21). The number of carbonyl (C=O) groups is 2. The van der Waals surface area contributed by atoms with Gasteiger partial charge in [-0.2, -0.15) is 0 Å². The Labute approximate surface area is 140 Å². The molecule has 1 aliphatic rings. The van der Waals surface area contributed by atoms with Crippen LogP contribution in [0.25, 0.3) is 0 Å². The molecule has 23 heavy (non-hydrogen) atoms. The predicted octanol–water partition coefficient (Wildman–Crippen LogP) is 4.30. The first kappa shape index (κ1) is 19.8. The molecule has 0 aromatic carbocycles. The van der Waals surface area contributed by atoms with E-state index in [2.05, 4.69) is 13.8 Å². The summed E-state index contributed by atoms with van der Waals surface area (Å²) in [5, 5.41) is 9.76. The van der Waals surface area contributed by atoms with Crippen LogP contribution < -0.4 is 0 Å². The number of hydrogen-bond acceptors (Lipinski definition) is 3. The molecule has 1 unspecified atom stereocenters. The van der Waals surface area contributed by atoms with E-state index in [1.807, 2.05) is 20.8 Å². The fourth-order valence-electron chi connectivity index (χ4n) is 3.10. The Hall–Kier alpha value is -1.26. The Kier molecular flexibility index (Phi) is 7.36. The molecule has 1 aliphatic carbocycles. The van der Waals surface area contributed by atoms with Gasteiger partial charge in [-0.15, -0.1) is 0 Å². The second-order valence-corrected chi connectivity index (χ2v) is 8.04. The van der Waals surface area contributed by atoms with Gasteiger partial charge in [-0.25, -0.2) is 9.59 Å². The van der Waals surface area contributed by atoms with Gasteiger partial charge in [0, 0.05) is 6.54 Å². The molecule has 0 radical (unpaired) electrons. The van der Waals surface area contributed by atoms with E-state index >= 15 is 0 Å². The van der Waals surface area contributed by atoms with Crippen LogP contribution in [0, 0.1) is 11.8 Å². The maximum absolute atomic E-state index is 12.6. The molecular formula is C18H33NO4. The minimum atomic E-state index is -0.911. The molecule has 0 spiro atoms. The van der Waals surface area contributed by atoms with Crippen molar-refractivity contribution < 1.29 is 19.4 Å². The van der Waals surface area contributed by atoms with Gasteiger partial charge in [0.1, 0.15) is 11.6 Å². The van der Waals surface area contributed by atoms with Gasteiger partial charge in [0.2, 0.25) is 0 Å². The van der Waals surface area contributed by atoms with E-state index in [9.17, 15) is 14.7 Å². The fraction of sp³-hybridized carbons (Fsp3) is 0.889. The first-order chi connectivity index (χ1) is 10.6. The molecule has 0 bridgehead atoms. The van der Waals surface area contributed by atoms with Gasteiger partial charge < -0.3 is 9.84 Å². The van der Waals surface area contributed by atoms with Crippen molar-refractivity contribution >= 4 is 12.1 Å². The highest BCUT2D eigenvalue weighted by Gasteiger charge is 2.38. The molecular weight excluding hydrogens is 294 g/mol. The van der Waals surface area contributed by atoms with Gasteiger partial charge >= 0.3 is 12.1 Å². The molecule has 1 rings (SSSR count). The molecule has 0 aliphatic heterocycles. The minimum absolute atomic E-state index is 0.0286. The number of carbonyl (C=O) groups excluding carboxylic acids is 1. The third kappa shape index (κ3) is 6.80. The van der Waals surface area contributed by atoms with Crippen LogP contribution in [0.5, 0.6) is 0 Å². The van der Waals surface area contributed by atoms with E-state index < -0.39 is 23.7 Å². The SMILES string of the molecule is CC(C)CCN(C(=O)OC(C)(C)C)C(C(=O)O)C1CCCCC1. The average Bonchev–Trinajstić information content (AvgIpc) is 2.41. The largest absolute Gasteiger partial charge is 0.480 e. The molecule has 1 saturated carbocycles. The smallest absolute Gasteiger partial charge is 0.411 e. The zero-order valence-electron chi connectivity index (χ0n) is 15.3. The number of aliphatic carboxylic acids is 1. The van der Waals surface area contributed by atoms with Gasteiger partial charge in [-0.3, -0.25) is 4.90 Å². The van der Waals surface area contributed by atoms with Crippen molar-refractivity contribution in [3.8, 4) is 0 Å². The summed E-state index contributed by atoms with van der Waals surface area (Å²) in [6.07, 6.45) is 5.25. The second kappa shape index (κ2) is 8.55. The van der Waals surface area contributed by atoms with Crippen molar-refractivity contribution in [1.82, 2.24) is 4.90 Å². The molecule has 0 saturated heterocycles. The Morgan fingerprint density at radius 2 is 1.74 bits per heavy atom. The monoisotopic (exact) mass is 327 g/mol. The maximum Gasteiger partial charge on any atom is 0.411 e. The van der Waals surface area contributed by atoms with Crippen LogP contribution in [-0.4, -0.2) is 40.3 Å². The van der Waals surface area contributed by atoms with Crippen molar-refractivity contribution in [2.75, 3.05) is 6.54 Å². The van der Waals surface area contributed by atoms with Gasteiger partial charge in [0.25, 0.3) is 0 Å². The number of nitrogens with zero attached hydrogens (tertiary/aromatic N) is 1. The van der Waals surface area contributed by atoms with E-state index in [1.165, 1.54) is 4.90 Å². The second-order valence-electron chi connectivity index (χ2n) is 8.04. The van der Waals surface area contributed by atoms with Gasteiger partial charge in [0.05, 0.1) is 0 Å². The predicted molar refractivity (Wildman–Crippen MR) is 90.4 cm³/mol. The highest BCUT2D eigenvalue weighted by Crippen LogP contribution is 2.30. The lowest BCUT2D eigenvalue weighted by Gasteiger charge is -2.37. The van der Waals surface area contributed by atoms with E-state index in [1.54, 1.807) is 0 Å². The number of ether oxygens (including phenoxy) is 1. The zero-order chi connectivity index (χ0) is 17.6. The Morgan fingerprint density at radius 3 is 2.17 bits per heavy atom. The van der Waals surface area contributed by atoms with Crippen molar-refractivity contribution in [3.63, 3.8) is 0 Å². The summed E-state index contributed by atoms with van der Waals surface area (Å²) in [7, 11) is 0. The van der Waals surface area contributed by atoms with Crippen LogP contribution in [0.3, 0.4) is 0 Å². The molecule has 0 aromatic rings. The zero-order valence-corrected chi connectivity index (χ0v) is 15.3. The third-order valence-electron chi connectivity index (χ3n) is 4.26. The van der Waals surface area contributed by atoms with Crippen LogP contribution in [-0.2, 0) is 9.53 Å². The number of carboxylic acids is 1. The molecule has 5 heteroatoms. The lowest BCUT2D eigenvalue weighted by molar-refractivity contribution is -0.146. The summed E-state index contributed by atoms with van der Waals surface area (Å²) < 4.78 is 5.48. The summed E-state index contributed by atoms with van der Waals surface area (Å²) in [4.78, 5) is 26.0. The highest BCUT2D eigenvalue weighted by molar-refractivity contribution is 5.80. The van der Waals surface area contributed by atoms with Crippen molar-refractivity contribution in [1.29, 1.82) is 0 Å². The topological polar surface area (TPSA) is 66.8 Å². The molecule has 1 N–H and O–H groups in total. The molecule has 1 amide bonds. The van der Waals surface area contributed by atoms with Crippen LogP contribution in [0.1, 0.15) is 73.1 Å². The normalized spacial score (nSPS) is 17.8. The lowest BCUT2D eigenvalue weighted by Crippen LogP contribution is -2.51. The number of amides is 1. The maximum atomic E-state index is 12.6. The lowest BCUT2D eigenvalue weighted by atomic mass is 9.83. The number of carboxylic acid groups (broad SMARTS) is 1. The molecule has 1 atom stereocenters. The first-order valence-corrected chi connectivity index (χ1v) is 8.84. The van der Waals surface area contributed by atoms with E-state index in [4.69, 9.17) is 4.74 Å². The Bertz CT molecular complexity index is 394. The van der Waals surface area contributed by atoms with E-state index in [0.717, 1.165) is 38.5 Å². The Morgan fingerprint density at radius 1 is 1.17 bits per heavy atom. The van der Waals surface area contributed by atoms with Crippen LogP contribution in [0.2, 0.25) is 0 Å². The van der Waals surface area contributed by atoms with E-state index in [-0.39, 0.29) is 5.92 Å². The molecule has 134 valence electrons. The molecule has 1 fully saturated rings. The van der Waals surface area contributed by atoms with Crippen molar-refractivity contribution in [2.45, 2.75) is 84.8 Å². The van der Waals surface area contributed by atoms with Crippen LogP contribution in [0.15, 0.2) is 0 Å². The van der Waals surface area contributed by atoms with Gasteiger partial charge in [0.15, 0.2) is 0 Å². The molecule has 0 heterocycles. The Balaban J connectivity index is 2.96. The quantitative estimate of drug-likeness (QED) is 0.789. The fourth-order valence-corrected chi connectivity index (χ4v) is 3.10. The summed E-state index contributed by atoms with van der Waals surface area (Å²) >= 11 is 0. The first-order valence-electron chi connectivity index (χ1n) is 8.84. The van der Waals surface area contributed by atoms with Crippen LogP contribution in [0.4, 0.5) is 4.79 Å². The summed E-state index contributed by atoms with van der Waals surface area (Å²) in [6.45, 7) is 10.00. The average molecular weight is 327 g/mol. The van der Waals surface area contributed by atoms with Gasteiger partial charge in [-0.05, 0) is 51.9 Å². The number of hydrogen-bond donors (Lipinski definition) is 1. The van der Waals surface area contributed by atoms with Gasteiger partial charge in [-0.1, -0.05) is 33.1 Å². The third-order valence-corrected chi connectivity index (χ3v) is 4.26. The summed E-state index contributed by atoms with van der Waals surface area (Å²) in [6, 6.07) is -0.774. The number of rotatable bonds is 6. The van der Waals surface area contributed by atoms with Crippen LogP contribution >= 0.6 is 0 Å². The minimum Gasteiger partial charge on any atom is -0.480 e. The summed E-state index contributed by atoms with van der Waals surface area (Å²) in [5.74, 6) is -0.479. The molecule has 0 aromatic heterocycles. The van der Waals surface area contributed by atoms with Crippen molar-refractivity contribution in [3.05, 3.63) is 0 Å². The highest BCUT2D eigenvalue weighted by atomic mass is 16.6. The van der Waals surface area contributed by atoms with E-state index in [0.29, 0.717) is 12.5 Å².